The van der Waals surface area contributed by atoms with Crippen LogP contribution in [0.25, 0.3) is 77.5 Å². The predicted octanol–water partition coefficient (Wildman–Crippen LogP) is 12.9. The van der Waals surface area contributed by atoms with Crippen molar-refractivity contribution in [2.75, 3.05) is 4.90 Å². The second-order valence-electron chi connectivity index (χ2n) is 12.5. The van der Waals surface area contributed by atoms with Gasteiger partial charge in [0.05, 0.1) is 5.69 Å². The lowest BCUT2D eigenvalue weighted by Crippen LogP contribution is -2.11. The maximum Gasteiger partial charge on any atom is 0.0540 e. The molecule has 0 unspecified atom stereocenters. The van der Waals surface area contributed by atoms with Crippen molar-refractivity contribution in [2.24, 2.45) is 0 Å². The number of hydrogen-bond donors (Lipinski definition) is 0. The Morgan fingerprint density at radius 3 is 1.64 bits per heavy atom. The van der Waals surface area contributed by atoms with E-state index in [-0.39, 0.29) is 0 Å². The summed E-state index contributed by atoms with van der Waals surface area (Å²) < 4.78 is 0. The first kappa shape index (κ1) is 26.1. The lowest BCUT2D eigenvalue weighted by atomic mass is 9.83. The molecule has 2 aliphatic carbocycles. The molecule has 0 fully saturated rings. The number of rotatable bonds is 4. The van der Waals surface area contributed by atoms with Crippen molar-refractivity contribution in [3.63, 3.8) is 0 Å². The Morgan fingerprint density at radius 1 is 0.298 bits per heavy atom. The van der Waals surface area contributed by atoms with E-state index in [9.17, 15) is 0 Å². The molecule has 0 saturated heterocycles. The van der Waals surface area contributed by atoms with Crippen molar-refractivity contribution in [2.45, 2.75) is 0 Å². The van der Waals surface area contributed by atoms with E-state index in [0.29, 0.717) is 0 Å². The third-order valence-corrected chi connectivity index (χ3v) is 9.95. The van der Waals surface area contributed by atoms with Gasteiger partial charge >= 0.3 is 0 Å². The molecule has 0 radical (unpaired) electrons. The lowest BCUT2D eigenvalue weighted by Gasteiger charge is -2.29. The van der Waals surface area contributed by atoms with Crippen molar-refractivity contribution in [3.05, 3.63) is 176 Å². The zero-order valence-corrected chi connectivity index (χ0v) is 25.7. The molecule has 0 aromatic heterocycles. The number of benzene rings is 8. The molecule has 6 bridgehead atoms. The standard InChI is InChI=1S/C46H29N/c1-2-12-30(13-3-1)32-16-8-17-33(28-32)47(44-25-9-15-31-14-4-5-18-35(31)44)34-26-27-37-40-22-11-23-41-42-24-10-21-39(46(42)43(37)29-34)36-19-6-7-20-38(36)45(40)41/h1-29H. The van der Waals surface area contributed by atoms with Gasteiger partial charge in [-0.15, -0.1) is 0 Å². The van der Waals surface area contributed by atoms with Gasteiger partial charge in [-0.25, -0.2) is 0 Å². The summed E-state index contributed by atoms with van der Waals surface area (Å²) in [5.41, 5.74) is 18.8. The summed E-state index contributed by atoms with van der Waals surface area (Å²) in [5, 5.41) is 2.45. The second-order valence-corrected chi connectivity index (χ2v) is 12.5. The molecule has 8 aromatic carbocycles. The quantitative estimate of drug-likeness (QED) is 0.196. The van der Waals surface area contributed by atoms with Gasteiger partial charge in [0.25, 0.3) is 0 Å². The fraction of sp³-hybridized carbons (Fsp3) is 0. The first-order valence-corrected chi connectivity index (χ1v) is 16.3. The Hall–Kier alpha value is -6.18. The van der Waals surface area contributed by atoms with Crippen LogP contribution >= 0.6 is 0 Å². The highest BCUT2D eigenvalue weighted by molar-refractivity contribution is 6.15. The largest absolute Gasteiger partial charge is 0.310 e. The minimum Gasteiger partial charge on any atom is -0.310 e. The van der Waals surface area contributed by atoms with Gasteiger partial charge in [0.2, 0.25) is 0 Å². The van der Waals surface area contributed by atoms with Gasteiger partial charge in [0, 0.05) is 16.8 Å². The molecule has 0 N–H and O–H groups in total. The number of anilines is 3. The Morgan fingerprint density at radius 2 is 0.830 bits per heavy atom. The van der Waals surface area contributed by atoms with Crippen LogP contribution < -0.4 is 4.90 Å². The molecule has 10 rings (SSSR count). The normalized spacial score (nSPS) is 11.8. The molecule has 0 aliphatic heterocycles. The van der Waals surface area contributed by atoms with Gasteiger partial charge in [0.15, 0.2) is 0 Å². The molecule has 1 heteroatoms. The summed E-state index contributed by atoms with van der Waals surface area (Å²) in [6.07, 6.45) is 0. The maximum atomic E-state index is 2.44. The lowest BCUT2D eigenvalue weighted by molar-refractivity contribution is 1.30. The molecular formula is C46H29N. The van der Waals surface area contributed by atoms with E-state index in [4.69, 9.17) is 0 Å². The summed E-state index contributed by atoms with van der Waals surface area (Å²) in [6.45, 7) is 0. The van der Waals surface area contributed by atoms with E-state index >= 15 is 0 Å². The van der Waals surface area contributed by atoms with Crippen LogP contribution in [-0.2, 0) is 0 Å². The van der Waals surface area contributed by atoms with Crippen LogP contribution in [-0.4, -0.2) is 0 Å². The number of fused-ring (bicyclic) bond motifs is 5. The molecular weight excluding hydrogens is 567 g/mol. The Labute approximate surface area is 274 Å². The summed E-state index contributed by atoms with van der Waals surface area (Å²) in [5.74, 6) is 0. The Balaban J connectivity index is 1.27. The van der Waals surface area contributed by atoms with Gasteiger partial charge in [0.1, 0.15) is 0 Å². The highest BCUT2D eigenvalue weighted by Gasteiger charge is 2.31. The van der Waals surface area contributed by atoms with E-state index in [0.717, 1.165) is 17.1 Å². The zero-order chi connectivity index (χ0) is 30.9. The summed E-state index contributed by atoms with van der Waals surface area (Å²) in [6, 6.07) is 64.6. The van der Waals surface area contributed by atoms with Crippen molar-refractivity contribution in [1.82, 2.24) is 0 Å². The minimum absolute atomic E-state index is 1.13. The fourth-order valence-corrected chi connectivity index (χ4v) is 7.92. The second kappa shape index (κ2) is 10.2. The van der Waals surface area contributed by atoms with E-state index in [2.05, 4.69) is 181 Å². The minimum atomic E-state index is 1.13. The SMILES string of the molecule is c1ccc(-c2cccc(N(c3ccc4c(c3)-c3c5cccc3-c3cccc-4c3-c3ccccc3-5)c3cccc4ccccc34)c2)cc1. The summed E-state index contributed by atoms with van der Waals surface area (Å²) in [7, 11) is 0. The van der Waals surface area contributed by atoms with E-state index in [1.807, 2.05) is 0 Å². The van der Waals surface area contributed by atoms with Crippen LogP contribution in [0.3, 0.4) is 0 Å². The van der Waals surface area contributed by atoms with Crippen LogP contribution in [0, 0.1) is 0 Å². The molecule has 1 nitrogen and oxygen atoms in total. The van der Waals surface area contributed by atoms with E-state index in [1.54, 1.807) is 0 Å². The summed E-state index contributed by atoms with van der Waals surface area (Å²) >= 11 is 0. The van der Waals surface area contributed by atoms with Crippen molar-refractivity contribution < 1.29 is 0 Å². The molecule has 47 heavy (non-hydrogen) atoms. The van der Waals surface area contributed by atoms with Crippen LogP contribution in [0.4, 0.5) is 17.1 Å². The topological polar surface area (TPSA) is 3.24 Å². The van der Waals surface area contributed by atoms with Crippen molar-refractivity contribution >= 4 is 27.8 Å². The number of hydrogen-bond acceptors (Lipinski definition) is 1. The molecule has 218 valence electrons. The van der Waals surface area contributed by atoms with Crippen LogP contribution in [0.5, 0.6) is 0 Å². The van der Waals surface area contributed by atoms with Gasteiger partial charge in [-0.2, -0.15) is 0 Å². The molecule has 0 heterocycles. The molecule has 0 saturated carbocycles. The van der Waals surface area contributed by atoms with Crippen LogP contribution in [0.1, 0.15) is 0 Å². The molecule has 2 aliphatic rings. The average Bonchev–Trinajstić information content (AvgIpc) is 3.25. The fourth-order valence-electron chi connectivity index (χ4n) is 7.92. The first-order valence-electron chi connectivity index (χ1n) is 16.3. The van der Waals surface area contributed by atoms with Crippen LogP contribution in [0.15, 0.2) is 176 Å². The third kappa shape index (κ3) is 3.90. The van der Waals surface area contributed by atoms with Gasteiger partial charge in [-0.3, -0.25) is 0 Å². The maximum absolute atomic E-state index is 2.44. The van der Waals surface area contributed by atoms with Gasteiger partial charge < -0.3 is 4.90 Å². The Kier molecular flexibility index (Phi) is 5.64. The Bertz CT molecular complexity index is 2500. The first-order chi connectivity index (χ1) is 23.3. The van der Waals surface area contributed by atoms with Crippen LogP contribution in [0.2, 0.25) is 0 Å². The molecule has 0 atom stereocenters. The smallest absolute Gasteiger partial charge is 0.0540 e. The van der Waals surface area contributed by atoms with Crippen molar-refractivity contribution in [1.29, 1.82) is 0 Å². The van der Waals surface area contributed by atoms with Crippen molar-refractivity contribution in [3.8, 4) is 66.8 Å². The highest BCUT2D eigenvalue weighted by Crippen LogP contribution is 2.57. The summed E-state index contributed by atoms with van der Waals surface area (Å²) in [4.78, 5) is 2.44. The van der Waals surface area contributed by atoms with E-state index < -0.39 is 0 Å². The predicted molar refractivity (Wildman–Crippen MR) is 198 cm³/mol. The van der Waals surface area contributed by atoms with Gasteiger partial charge in [-0.05, 0) is 102 Å². The van der Waals surface area contributed by atoms with Gasteiger partial charge in [-0.1, -0.05) is 146 Å². The number of nitrogens with zero attached hydrogens (tertiary/aromatic N) is 1. The molecule has 8 aromatic rings. The monoisotopic (exact) mass is 595 g/mol. The third-order valence-electron chi connectivity index (χ3n) is 9.95. The highest BCUT2D eigenvalue weighted by atomic mass is 15.1. The molecule has 0 amide bonds. The zero-order valence-electron chi connectivity index (χ0n) is 25.7. The molecule has 0 spiro atoms. The van der Waals surface area contributed by atoms with E-state index in [1.165, 1.54) is 77.5 Å². The average molecular weight is 596 g/mol.